The smallest absolute Gasteiger partial charge is 0.114 e. The molecule has 103 valence electrons. The molecule has 3 aromatic rings. The molecule has 0 spiro atoms. The van der Waals surface area contributed by atoms with E-state index in [0.29, 0.717) is 0 Å². The van der Waals surface area contributed by atoms with Gasteiger partial charge in [0.15, 0.2) is 0 Å². The van der Waals surface area contributed by atoms with E-state index in [1.165, 1.54) is 0 Å². The SMILES string of the molecule is [CH](OC(c1ccccc1)c1ccccc1)c1ccccc1. The molecule has 0 saturated heterocycles. The van der Waals surface area contributed by atoms with Crippen LogP contribution in [0.15, 0.2) is 91.0 Å². The Morgan fingerprint density at radius 2 is 1.00 bits per heavy atom. The molecule has 0 aromatic heterocycles. The van der Waals surface area contributed by atoms with Gasteiger partial charge in [-0.1, -0.05) is 91.0 Å². The lowest BCUT2D eigenvalue weighted by molar-refractivity contribution is 0.149. The van der Waals surface area contributed by atoms with E-state index in [2.05, 4.69) is 24.3 Å². The van der Waals surface area contributed by atoms with Crippen LogP contribution in [-0.4, -0.2) is 0 Å². The fourth-order valence-corrected chi connectivity index (χ4v) is 2.28. The first kappa shape index (κ1) is 13.6. The topological polar surface area (TPSA) is 9.23 Å². The minimum Gasteiger partial charge on any atom is -0.358 e. The Morgan fingerprint density at radius 1 is 0.571 bits per heavy atom. The molecule has 0 amide bonds. The molecular weight excluding hydrogens is 256 g/mol. The second-order valence-electron chi connectivity index (χ2n) is 4.87. The Hall–Kier alpha value is -2.38. The Kier molecular flexibility index (Phi) is 4.45. The third-order valence-corrected chi connectivity index (χ3v) is 3.34. The molecule has 0 aliphatic heterocycles. The van der Waals surface area contributed by atoms with Crippen LogP contribution in [0.1, 0.15) is 22.8 Å². The van der Waals surface area contributed by atoms with E-state index in [4.69, 9.17) is 4.74 Å². The highest BCUT2D eigenvalue weighted by Gasteiger charge is 2.14. The van der Waals surface area contributed by atoms with Crippen LogP contribution in [0.2, 0.25) is 0 Å². The molecule has 0 aliphatic carbocycles. The summed E-state index contributed by atoms with van der Waals surface area (Å²) in [6.07, 6.45) is -0.0902. The zero-order valence-corrected chi connectivity index (χ0v) is 11.7. The first-order chi connectivity index (χ1) is 10.4. The van der Waals surface area contributed by atoms with E-state index < -0.39 is 0 Å². The van der Waals surface area contributed by atoms with Gasteiger partial charge in [-0.15, -0.1) is 0 Å². The Morgan fingerprint density at radius 3 is 1.48 bits per heavy atom. The maximum atomic E-state index is 6.08. The summed E-state index contributed by atoms with van der Waals surface area (Å²) in [7, 11) is 0. The average Bonchev–Trinajstić information content (AvgIpc) is 2.58. The molecule has 0 aliphatic rings. The summed E-state index contributed by atoms with van der Waals surface area (Å²) in [6, 6.07) is 30.7. The van der Waals surface area contributed by atoms with Crippen LogP contribution in [0, 0.1) is 6.61 Å². The van der Waals surface area contributed by atoms with Gasteiger partial charge in [0.1, 0.15) is 12.7 Å². The van der Waals surface area contributed by atoms with Crippen LogP contribution >= 0.6 is 0 Å². The van der Waals surface area contributed by atoms with Crippen molar-refractivity contribution >= 4 is 0 Å². The summed E-state index contributed by atoms with van der Waals surface area (Å²) >= 11 is 0. The van der Waals surface area contributed by atoms with Gasteiger partial charge >= 0.3 is 0 Å². The molecule has 0 unspecified atom stereocenters. The lowest BCUT2D eigenvalue weighted by atomic mass is 10.0. The van der Waals surface area contributed by atoms with Crippen molar-refractivity contribution in [1.29, 1.82) is 0 Å². The number of ether oxygens (including phenoxy) is 1. The fraction of sp³-hybridized carbons (Fsp3) is 0.0500. The van der Waals surface area contributed by atoms with E-state index in [0.717, 1.165) is 16.7 Å². The molecule has 0 saturated carbocycles. The van der Waals surface area contributed by atoms with E-state index in [1.54, 1.807) is 0 Å². The zero-order chi connectivity index (χ0) is 14.3. The molecule has 0 fully saturated rings. The summed E-state index contributed by atoms with van der Waals surface area (Å²) < 4.78 is 6.08. The minimum atomic E-state index is -0.0902. The predicted octanol–water partition coefficient (Wildman–Crippen LogP) is 5.00. The first-order valence-electron chi connectivity index (χ1n) is 7.07. The zero-order valence-electron chi connectivity index (χ0n) is 11.7. The number of hydrogen-bond acceptors (Lipinski definition) is 1. The second-order valence-corrected chi connectivity index (χ2v) is 4.87. The van der Waals surface area contributed by atoms with Crippen molar-refractivity contribution in [3.63, 3.8) is 0 Å². The standard InChI is InChI=1S/C20H17O/c1-4-10-17(11-5-1)16-21-20(18-12-6-2-7-13-18)19-14-8-3-9-15-19/h1-16,20H. The normalized spacial score (nSPS) is 10.7. The van der Waals surface area contributed by atoms with Crippen molar-refractivity contribution in [3.05, 3.63) is 114 Å². The van der Waals surface area contributed by atoms with Crippen molar-refractivity contribution < 1.29 is 4.74 Å². The lowest BCUT2D eigenvalue weighted by Crippen LogP contribution is -2.05. The second kappa shape index (κ2) is 6.87. The molecule has 21 heavy (non-hydrogen) atoms. The van der Waals surface area contributed by atoms with Gasteiger partial charge in [0.05, 0.1) is 0 Å². The molecule has 3 aromatic carbocycles. The number of hydrogen-bond donors (Lipinski definition) is 0. The van der Waals surface area contributed by atoms with Gasteiger partial charge in [0.25, 0.3) is 0 Å². The molecule has 1 nitrogen and oxygen atoms in total. The highest BCUT2D eigenvalue weighted by Crippen LogP contribution is 2.27. The van der Waals surface area contributed by atoms with Crippen molar-refractivity contribution in [2.45, 2.75) is 6.10 Å². The maximum absolute atomic E-state index is 6.08. The summed E-state index contributed by atoms with van der Waals surface area (Å²) in [5, 5.41) is 0. The molecule has 1 heteroatoms. The first-order valence-corrected chi connectivity index (χ1v) is 7.07. The highest BCUT2D eigenvalue weighted by molar-refractivity contribution is 5.31. The van der Waals surface area contributed by atoms with E-state index in [1.807, 2.05) is 73.3 Å². The Balaban J connectivity index is 1.83. The Bertz CT molecular complexity index is 608. The number of benzene rings is 3. The van der Waals surface area contributed by atoms with Crippen LogP contribution in [0.4, 0.5) is 0 Å². The van der Waals surface area contributed by atoms with Crippen LogP contribution in [0.3, 0.4) is 0 Å². The van der Waals surface area contributed by atoms with Gasteiger partial charge in [0, 0.05) is 0 Å². The number of rotatable bonds is 5. The predicted molar refractivity (Wildman–Crippen MR) is 85.7 cm³/mol. The van der Waals surface area contributed by atoms with Crippen LogP contribution in [0.25, 0.3) is 0 Å². The molecule has 0 atom stereocenters. The van der Waals surface area contributed by atoms with Gasteiger partial charge < -0.3 is 4.74 Å². The quantitative estimate of drug-likeness (QED) is 0.635. The minimum absolute atomic E-state index is 0.0902. The van der Waals surface area contributed by atoms with Crippen LogP contribution in [0.5, 0.6) is 0 Å². The molecular formula is C20H17O. The summed E-state index contributed by atoms with van der Waals surface area (Å²) in [5.41, 5.74) is 3.36. The Labute approximate surface area is 125 Å². The summed E-state index contributed by atoms with van der Waals surface area (Å²) in [5.74, 6) is 0. The van der Waals surface area contributed by atoms with Gasteiger partial charge in [-0.25, -0.2) is 0 Å². The van der Waals surface area contributed by atoms with Gasteiger partial charge in [-0.3, -0.25) is 0 Å². The van der Waals surface area contributed by atoms with Gasteiger partial charge in [-0.05, 0) is 16.7 Å². The monoisotopic (exact) mass is 273 g/mol. The highest BCUT2D eigenvalue weighted by atomic mass is 16.5. The molecule has 1 radical (unpaired) electrons. The van der Waals surface area contributed by atoms with Crippen molar-refractivity contribution in [3.8, 4) is 0 Å². The van der Waals surface area contributed by atoms with E-state index in [-0.39, 0.29) is 6.10 Å². The average molecular weight is 273 g/mol. The third-order valence-electron chi connectivity index (χ3n) is 3.34. The van der Waals surface area contributed by atoms with Crippen LogP contribution < -0.4 is 0 Å². The molecule has 0 N–H and O–H groups in total. The maximum Gasteiger partial charge on any atom is 0.114 e. The van der Waals surface area contributed by atoms with E-state index in [9.17, 15) is 0 Å². The molecule has 3 rings (SSSR count). The molecule has 0 bridgehead atoms. The fourth-order valence-electron chi connectivity index (χ4n) is 2.28. The largest absolute Gasteiger partial charge is 0.358 e. The van der Waals surface area contributed by atoms with Crippen LogP contribution in [-0.2, 0) is 4.74 Å². The molecule has 0 heterocycles. The lowest BCUT2D eigenvalue weighted by Gasteiger charge is -2.18. The van der Waals surface area contributed by atoms with Crippen molar-refractivity contribution in [2.75, 3.05) is 0 Å². The van der Waals surface area contributed by atoms with E-state index >= 15 is 0 Å². The summed E-state index contributed by atoms with van der Waals surface area (Å²) in [6.45, 7) is 1.82. The van der Waals surface area contributed by atoms with Gasteiger partial charge in [0.2, 0.25) is 0 Å². The summed E-state index contributed by atoms with van der Waals surface area (Å²) in [4.78, 5) is 0. The van der Waals surface area contributed by atoms with Gasteiger partial charge in [-0.2, -0.15) is 0 Å². The van der Waals surface area contributed by atoms with Crippen molar-refractivity contribution in [2.24, 2.45) is 0 Å². The third kappa shape index (κ3) is 3.59. The van der Waals surface area contributed by atoms with Crippen molar-refractivity contribution in [1.82, 2.24) is 0 Å².